The molecule has 0 spiro atoms. The number of urea groups is 2. The van der Waals surface area contributed by atoms with Gasteiger partial charge in [-0.15, -0.1) is 0 Å². The van der Waals surface area contributed by atoms with Crippen LogP contribution in [-0.4, -0.2) is 86.3 Å². The van der Waals surface area contributed by atoms with E-state index in [-0.39, 0.29) is 12.1 Å². The number of nitrogens with zero attached hydrogens (tertiary/aromatic N) is 4. The topological polar surface area (TPSA) is 71.2 Å². The molecule has 2 aromatic rings. The molecule has 4 aliphatic heterocycles. The fourth-order valence-electron chi connectivity index (χ4n) is 7.47. The zero-order valence-corrected chi connectivity index (χ0v) is 25.1. The van der Waals surface area contributed by atoms with E-state index in [1.807, 2.05) is 9.80 Å². The number of piperidine rings is 2. The summed E-state index contributed by atoms with van der Waals surface area (Å²) in [5.74, 6) is 0. The van der Waals surface area contributed by atoms with Crippen LogP contribution >= 0.6 is 0 Å². The third-order valence-electron chi connectivity index (χ3n) is 9.89. The Morgan fingerprint density at radius 1 is 0.571 bits per heavy atom. The lowest BCUT2D eigenvalue weighted by Crippen LogP contribution is -2.49. The second kappa shape index (κ2) is 13.7. The highest BCUT2D eigenvalue weighted by molar-refractivity contribution is 5.74. The first-order valence-electron chi connectivity index (χ1n) is 16.4. The van der Waals surface area contributed by atoms with E-state index >= 15 is 0 Å². The van der Waals surface area contributed by atoms with Crippen LogP contribution in [0.4, 0.5) is 21.0 Å². The minimum absolute atomic E-state index is 0.0836. The molecule has 2 saturated heterocycles. The molecule has 2 aromatic carbocycles. The fraction of sp³-hybridized carbons (Fsp3) is 0.588. The molecule has 8 heteroatoms. The second-order valence-corrected chi connectivity index (χ2v) is 12.5. The normalized spacial score (nSPS) is 19.1. The van der Waals surface area contributed by atoms with E-state index in [0.29, 0.717) is 12.1 Å². The molecule has 226 valence electrons. The number of rotatable bonds is 9. The molecule has 4 amide bonds. The van der Waals surface area contributed by atoms with Gasteiger partial charge < -0.3 is 30.2 Å². The Labute approximate surface area is 251 Å². The van der Waals surface area contributed by atoms with Gasteiger partial charge in [0.2, 0.25) is 0 Å². The van der Waals surface area contributed by atoms with E-state index in [9.17, 15) is 9.59 Å². The zero-order valence-electron chi connectivity index (χ0n) is 25.1. The van der Waals surface area contributed by atoms with Gasteiger partial charge in [0, 0.05) is 75.8 Å². The molecule has 4 heterocycles. The van der Waals surface area contributed by atoms with Crippen LogP contribution in [-0.2, 0) is 12.8 Å². The van der Waals surface area contributed by atoms with Crippen molar-refractivity contribution < 1.29 is 9.59 Å². The van der Waals surface area contributed by atoms with Crippen molar-refractivity contribution in [1.82, 2.24) is 20.4 Å². The van der Waals surface area contributed by atoms with E-state index in [2.05, 4.69) is 69.0 Å². The first-order valence-corrected chi connectivity index (χ1v) is 16.4. The van der Waals surface area contributed by atoms with Gasteiger partial charge >= 0.3 is 12.1 Å². The number of amides is 4. The van der Waals surface area contributed by atoms with Gasteiger partial charge in [-0.1, -0.05) is 49.2 Å². The number of carbonyl (C=O) groups excluding carboxylic acids is 2. The molecule has 0 bridgehead atoms. The number of benzene rings is 2. The number of fused-ring (bicyclic) bond motifs is 2. The van der Waals surface area contributed by atoms with Crippen LogP contribution in [0.25, 0.3) is 0 Å². The zero-order chi connectivity index (χ0) is 28.7. The van der Waals surface area contributed by atoms with Gasteiger partial charge in [-0.2, -0.15) is 0 Å². The largest absolute Gasteiger partial charge is 0.368 e. The van der Waals surface area contributed by atoms with Gasteiger partial charge in [0.05, 0.1) is 0 Å². The summed E-state index contributed by atoms with van der Waals surface area (Å²) in [6.07, 6.45) is 10.5. The van der Waals surface area contributed by atoms with Gasteiger partial charge in [0.25, 0.3) is 0 Å². The number of hydrogen-bond acceptors (Lipinski definition) is 4. The minimum Gasteiger partial charge on any atom is -0.368 e. The van der Waals surface area contributed by atoms with Crippen molar-refractivity contribution in [2.45, 2.75) is 76.3 Å². The van der Waals surface area contributed by atoms with Gasteiger partial charge in [-0.3, -0.25) is 0 Å². The number of hydrogen-bond donors (Lipinski definition) is 2. The van der Waals surface area contributed by atoms with Gasteiger partial charge in [0.1, 0.15) is 0 Å². The summed E-state index contributed by atoms with van der Waals surface area (Å²) in [5, 5.41) is 6.25. The lowest BCUT2D eigenvalue weighted by molar-refractivity contribution is 0.179. The summed E-state index contributed by atoms with van der Waals surface area (Å²) in [7, 11) is 0. The summed E-state index contributed by atoms with van der Waals surface area (Å²) in [6, 6.07) is 18.7. The van der Waals surface area contributed by atoms with E-state index in [4.69, 9.17) is 0 Å². The molecule has 4 aliphatic rings. The maximum atomic E-state index is 12.7. The third kappa shape index (κ3) is 6.63. The van der Waals surface area contributed by atoms with E-state index in [1.54, 1.807) is 0 Å². The van der Waals surface area contributed by atoms with Crippen molar-refractivity contribution in [2.75, 3.05) is 62.2 Å². The Kier molecular flexibility index (Phi) is 9.36. The first-order chi connectivity index (χ1) is 20.7. The minimum atomic E-state index is 0.0836. The van der Waals surface area contributed by atoms with Crippen molar-refractivity contribution in [1.29, 1.82) is 0 Å². The first kappa shape index (κ1) is 28.7. The number of unbranched alkanes of at least 4 members (excludes halogenated alkanes) is 3. The molecule has 0 aromatic heterocycles. The predicted molar refractivity (Wildman–Crippen MR) is 169 cm³/mol. The molecular weight excluding hydrogens is 524 g/mol. The molecule has 0 saturated carbocycles. The van der Waals surface area contributed by atoms with Gasteiger partial charge in [0.15, 0.2) is 0 Å². The van der Waals surface area contributed by atoms with Crippen molar-refractivity contribution in [2.24, 2.45) is 0 Å². The van der Waals surface area contributed by atoms with Crippen LogP contribution in [0, 0.1) is 0 Å². The highest BCUT2D eigenvalue weighted by Crippen LogP contribution is 2.33. The average molecular weight is 573 g/mol. The number of nitrogens with one attached hydrogen (secondary N) is 2. The Hall–Kier alpha value is -3.42. The summed E-state index contributed by atoms with van der Waals surface area (Å²) >= 11 is 0. The highest BCUT2D eigenvalue weighted by Gasteiger charge is 2.31. The van der Waals surface area contributed by atoms with E-state index < -0.39 is 0 Å². The van der Waals surface area contributed by atoms with Gasteiger partial charge in [-0.25, -0.2) is 9.59 Å². The van der Waals surface area contributed by atoms with Crippen LogP contribution in [0.3, 0.4) is 0 Å². The van der Waals surface area contributed by atoms with E-state index in [0.717, 1.165) is 117 Å². The molecule has 0 unspecified atom stereocenters. The summed E-state index contributed by atoms with van der Waals surface area (Å²) in [6.45, 7) is 6.98. The molecule has 2 N–H and O–H groups in total. The number of likely N-dealkylation sites (tertiary alicyclic amines) is 2. The maximum Gasteiger partial charge on any atom is 0.317 e. The Bertz CT molecular complexity index is 1110. The van der Waals surface area contributed by atoms with Crippen LogP contribution in [0.1, 0.15) is 62.5 Å². The monoisotopic (exact) mass is 572 g/mol. The Morgan fingerprint density at radius 2 is 0.976 bits per heavy atom. The van der Waals surface area contributed by atoms with Crippen LogP contribution < -0.4 is 20.4 Å². The molecule has 2 fully saturated rings. The molecule has 0 aliphatic carbocycles. The van der Waals surface area contributed by atoms with Crippen LogP contribution in [0.15, 0.2) is 48.5 Å². The average Bonchev–Trinajstić information content (AvgIpc) is 3.67. The standard InChI is InChI=1S/C34H48N6O2/c41-33(37-21-15-29(16-22-37)39-25-13-27-9-3-5-11-31(27)39)35-19-7-1-2-8-20-36-34(42)38-23-17-30(18-24-38)40-26-14-28-10-4-6-12-32(28)40/h3-6,9-12,29-30H,1-2,7-8,13-26H2,(H,35,41)(H,36,42). The lowest BCUT2D eigenvalue weighted by atomic mass is 10.0. The maximum absolute atomic E-state index is 12.7. The number of para-hydroxylation sites is 2. The summed E-state index contributed by atoms with van der Waals surface area (Å²) in [4.78, 5) is 34.5. The molecule has 0 radical (unpaired) electrons. The molecule has 8 nitrogen and oxygen atoms in total. The molecule has 6 rings (SSSR count). The fourth-order valence-corrected chi connectivity index (χ4v) is 7.47. The smallest absolute Gasteiger partial charge is 0.317 e. The Balaban J connectivity index is 0.787. The van der Waals surface area contributed by atoms with Crippen LogP contribution in [0.2, 0.25) is 0 Å². The van der Waals surface area contributed by atoms with E-state index in [1.165, 1.54) is 22.5 Å². The summed E-state index contributed by atoms with van der Waals surface area (Å²) in [5.41, 5.74) is 5.70. The SMILES string of the molecule is O=C(NCCCCCCNC(=O)N1CCC(N2CCc3ccccc32)CC1)N1CCC(N2CCc3ccccc32)CC1. The molecular formula is C34H48N6O2. The number of carbonyl (C=O) groups is 2. The van der Waals surface area contributed by atoms with Crippen molar-refractivity contribution in [3.8, 4) is 0 Å². The summed E-state index contributed by atoms with van der Waals surface area (Å²) < 4.78 is 0. The lowest BCUT2D eigenvalue weighted by Gasteiger charge is -2.38. The Morgan fingerprint density at radius 3 is 1.40 bits per heavy atom. The van der Waals surface area contributed by atoms with Crippen LogP contribution in [0.5, 0.6) is 0 Å². The number of anilines is 2. The molecule has 42 heavy (non-hydrogen) atoms. The quantitative estimate of drug-likeness (QED) is 0.414. The third-order valence-corrected chi connectivity index (χ3v) is 9.89. The molecule has 0 atom stereocenters. The van der Waals surface area contributed by atoms with Crippen molar-refractivity contribution >= 4 is 23.4 Å². The van der Waals surface area contributed by atoms with Gasteiger partial charge in [-0.05, 0) is 74.6 Å². The predicted octanol–water partition coefficient (Wildman–Crippen LogP) is 5.02. The highest BCUT2D eigenvalue weighted by atomic mass is 16.2. The van der Waals surface area contributed by atoms with Crippen molar-refractivity contribution in [3.05, 3.63) is 59.7 Å². The van der Waals surface area contributed by atoms with Crippen molar-refractivity contribution in [3.63, 3.8) is 0 Å². The second-order valence-electron chi connectivity index (χ2n) is 12.5.